The Labute approximate surface area is 161 Å². The minimum absolute atomic E-state index is 0.0530. The predicted molar refractivity (Wildman–Crippen MR) is 106 cm³/mol. The largest absolute Gasteiger partial charge is 0.337 e. The lowest BCUT2D eigenvalue weighted by atomic mass is 10.2. The van der Waals surface area contributed by atoms with Gasteiger partial charge in [-0.25, -0.2) is 4.98 Å². The first kappa shape index (κ1) is 17.9. The van der Waals surface area contributed by atoms with Crippen LogP contribution in [0.25, 0.3) is 5.65 Å². The van der Waals surface area contributed by atoms with E-state index >= 15 is 0 Å². The summed E-state index contributed by atoms with van der Waals surface area (Å²) in [6.07, 6.45) is 2.67. The van der Waals surface area contributed by atoms with E-state index in [1.54, 1.807) is 28.0 Å². The van der Waals surface area contributed by atoms with E-state index in [0.29, 0.717) is 18.7 Å². The molecular formula is C20H22N4O2S. The van der Waals surface area contributed by atoms with Crippen molar-refractivity contribution in [3.8, 4) is 0 Å². The number of hydrogen-bond donors (Lipinski definition) is 0. The summed E-state index contributed by atoms with van der Waals surface area (Å²) in [5.41, 5.74) is 3.20. The summed E-state index contributed by atoms with van der Waals surface area (Å²) in [6.45, 7) is 5.72. The molecule has 1 aliphatic rings. The van der Waals surface area contributed by atoms with Gasteiger partial charge in [-0.15, -0.1) is 0 Å². The van der Waals surface area contributed by atoms with E-state index in [1.165, 1.54) is 0 Å². The third-order valence-corrected chi connectivity index (χ3v) is 5.65. The molecule has 0 saturated carbocycles. The molecule has 4 rings (SSSR count). The highest BCUT2D eigenvalue weighted by Crippen LogP contribution is 2.14. The van der Waals surface area contributed by atoms with Gasteiger partial charge in [-0.05, 0) is 36.4 Å². The Morgan fingerprint density at radius 2 is 2.11 bits per heavy atom. The SMILES string of the molecule is Cc1cccn2c(=O)cc(CN3CCCN(C(=O)c4ccsc4)CC3)nc12. The Hall–Kier alpha value is -2.51. The van der Waals surface area contributed by atoms with Crippen LogP contribution in [-0.2, 0) is 6.54 Å². The van der Waals surface area contributed by atoms with Crippen LogP contribution < -0.4 is 5.56 Å². The van der Waals surface area contributed by atoms with E-state index in [9.17, 15) is 9.59 Å². The third-order valence-electron chi connectivity index (χ3n) is 4.97. The van der Waals surface area contributed by atoms with Gasteiger partial charge in [0, 0.05) is 50.4 Å². The van der Waals surface area contributed by atoms with E-state index in [-0.39, 0.29) is 11.5 Å². The normalized spacial score (nSPS) is 15.8. The summed E-state index contributed by atoms with van der Waals surface area (Å²) in [5, 5.41) is 3.84. The number of rotatable bonds is 3. The first-order valence-electron chi connectivity index (χ1n) is 9.13. The number of thiophene rings is 1. The number of aromatic nitrogens is 2. The van der Waals surface area contributed by atoms with Crippen LogP contribution in [0.2, 0.25) is 0 Å². The van der Waals surface area contributed by atoms with Gasteiger partial charge in [0.2, 0.25) is 0 Å². The van der Waals surface area contributed by atoms with Crippen molar-refractivity contribution < 1.29 is 4.79 Å². The topological polar surface area (TPSA) is 57.9 Å². The molecule has 6 nitrogen and oxygen atoms in total. The molecule has 27 heavy (non-hydrogen) atoms. The van der Waals surface area contributed by atoms with Gasteiger partial charge in [0.25, 0.3) is 11.5 Å². The van der Waals surface area contributed by atoms with Crippen molar-refractivity contribution in [3.05, 3.63) is 68.4 Å². The monoisotopic (exact) mass is 382 g/mol. The standard InChI is InChI=1S/C20H22N4O2S/c1-15-4-2-8-24-18(25)12-17(21-19(15)24)13-22-6-3-7-23(10-9-22)20(26)16-5-11-27-14-16/h2,4-5,8,11-12,14H,3,6-7,9-10,13H2,1H3. The number of carbonyl (C=O) groups excluding carboxylic acids is 1. The van der Waals surface area contributed by atoms with Crippen molar-refractivity contribution >= 4 is 22.9 Å². The molecule has 3 aromatic heterocycles. The first-order valence-corrected chi connectivity index (χ1v) is 10.1. The Bertz CT molecular complexity index is 1010. The number of fused-ring (bicyclic) bond motifs is 1. The summed E-state index contributed by atoms with van der Waals surface area (Å²) in [7, 11) is 0. The van der Waals surface area contributed by atoms with Crippen LogP contribution in [0.15, 0.2) is 46.0 Å². The quantitative estimate of drug-likeness (QED) is 0.698. The maximum absolute atomic E-state index is 12.6. The molecule has 0 atom stereocenters. The van der Waals surface area contributed by atoms with Gasteiger partial charge in [0.05, 0.1) is 11.3 Å². The lowest BCUT2D eigenvalue weighted by Crippen LogP contribution is -2.35. The lowest BCUT2D eigenvalue weighted by Gasteiger charge is -2.21. The van der Waals surface area contributed by atoms with Gasteiger partial charge in [-0.1, -0.05) is 6.07 Å². The molecule has 0 unspecified atom stereocenters. The predicted octanol–water partition coefficient (Wildman–Crippen LogP) is 2.41. The van der Waals surface area contributed by atoms with Crippen LogP contribution in [0.1, 0.15) is 28.0 Å². The maximum atomic E-state index is 12.6. The average Bonchev–Trinajstić information content (AvgIpc) is 3.10. The fourth-order valence-corrected chi connectivity index (χ4v) is 4.15. The summed E-state index contributed by atoms with van der Waals surface area (Å²) in [6, 6.07) is 7.32. The molecular weight excluding hydrogens is 360 g/mol. The zero-order valence-corrected chi connectivity index (χ0v) is 16.1. The molecule has 1 saturated heterocycles. The van der Waals surface area contributed by atoms with E-state index in [1.807, 2.05) is 40.8 Å². The molecule has 140 valence electrons. The lowest BCUT2D eigenvalue weighted by molar-refractivity contribution is 0.0761. The Morgan fingerprint density at radius 3 is 2.93 bits per heavy atom. The highest BCUT2D eigenvalue weighted by atomic mass is 32.1. The van der Waals surface area contributed by atoms with Gasteiger partial charge in [0.1, 0.15) is 5.65 Å². The number of pyridine rings is 1. The van der Waals surface area contributed by atoms with Gasteiger partial charge in [0.15, 0.2) is 0 Å². The number of carbonyl (C=O) groups is 1. The van der Waals surface area contributed by atoms with Crippen molar-refractivity contribution in [3.63, 3.8) is 0 Å². The second kappa shape index (κ2) is 7.62. The van der Waals surface area contributed by atoms with E-state index < -0.39 is 0 Å². The van der Waals surface area contributed by atoms with Crippen molar-refractivity contribution in [2.45, 2.75) is 19.9 Å². The molecule has 0 radical (unpaired) electrons. The molecule has 0 aliphatic carbocycles. The Balaban J connectivity index is 1.48. The minimum Gasteiger partial charge on any atom is -0.337 e. The summed E-state index contributed by atoms with van der Waals surface area (Å²) >= 11 is 1.55. The Morgan fingerprint density at radius 1 is 1.22 bits per heavy atom. The fourth-order valence-electron chi connectivity index (χ4n) is 3.52. The van der Waals surface area contributed by atoms with Crippen LogP contribution in [0.5, 0.6) is 0 Å². The van der Waals surface area contributed by atoms with Crippen LogP contribution in [0.4, 0.5) is 0 Å². The van der Waals surface area contributed by atoms with Crippen molar-refractivity contribution in [1.82, 2.24) is 19.2 Å². The van der Waals surface area contributed by atoms with Gasteiger partial charge in [-0.2, -0.15) is 11.3 Å². The number of aryl methyl sites for hydroxylation is 1. The second-order valence-corrected chi connectivity index (χ2v) is 7.68. The van der Waals surface area contributed by atoms with Gasteiger partial charge < -0.3 is 4.90 Å². The number of amides is 1. The van der Waals surface area contributed by atoms with Crippen LogP contribution in [-0.4, -0.2) is 51.3 Å². The number of nitrogens with zero attached hydrogens (tertiary/aromatic N) is 4. The van der Waals surface area contributed by atoms with Crippen molar-refractivity contribution in [2.24, 2.45) is 0 Å². The molecule has 0 aromatic carbocycles. The van der Waals surface area contributed by atoms with E-state index in [4.69, 9.17) is 4.98 Å². The van der Waals surface area contributed by atoms with Crippen LogP contribution >= 0.6 is 11.3 Å². The van der Waals surface area contributed by atoms with Gasteiger partial charge >= 0.3 is 0 Å². The molecule has 7 heteroatoms. The molecule has 3 aromatic rings. The zero-order valence-electron chi connectivity index (χ0n) is 15.3. The van der Waals surface area contributed by atoms with E-state index in [2.05, 4.69) is 4.90 Å². The molecule has 0 N–H and O–H groups in total. The van der Waals surface area contributed by atoms with Crippen molar-refractivity contribution in [1.29, 1.82) is 0 Å². The summed E-state index contributed by atoms with van der Waals surface area (Å²) in [5.74, 6) is 0.107. The molecule has 1 fully saturated rings. The molecule has 0 spiro atoms. The third kappa shape index (κ3) is 3.79. The number of hydrogen-bond acceptors (Lipinski definition) is 5. The molecule has 4 heterocycles. The van der Waals surface area contributed by atoms with E-state index in [0.717, 1.165) is 42.9 Å². The zero-order chi connectivity index (χ0) is 18.8. The summed E-state index contributed by atoms with van der Waals surface area (Å²) < 4.78 is 1.59. The average molecular weight is 382 g/mol. The molecule has 1 amide bonds. The fraction of sp³-hybridized carbons (Fsp3) is 0.350. The smallest absolute Gasteiger partial charge is 0.258 e. The molecule has 1 aliphatic heterocycles. The first-order chi connectivity index (χ1) is 13.1. The van der Waals surface area contributed by atoms with Gasteiger partial charge in [-0.3, -0.25) is 18.9 Å². The van der Waals surface area contributed by atoms with Crippen molar-refractivity contribution in [2.75, 3.05) is 26.2 Å². The highest BCUT2D eigenvalue weighted by Gasteiger charge is 2.21. The summed E-state index contributed by atoms with van der Waals surface area (Å²) in [4.78, 5) is 33.8. The highest BCUT2D eigenvalue weighted by molar-refractivity contribution is 7.08. The van der Waals surface area contributed by atoms with Crippen LogP contribution in [0, 0.1) is 6.92 Å². The minimum atomic E-state index is -0.0530. The molecule has 0 bridgehead atoms. The maximum Gasteiger partial charge on any atom is 0.258 e. The van der Waals surface area contributed by atoms with Crippen LogP contribution in [0.3, 0.4) is 0 Å². The Kier molecular flexibility index (Phi) is 5.05. The second-order valence-electron chi connectivity index (χ2n) is 6.90.